The van der Waals surface area contributed by atoms with Gasteiger partial charge in [-0.2, -0.15) is 5.10 Å². The van der Waals surface area contributed by atoms with E-state index in [-0.39, 0.29) is 24.3 Å². The van der Waals surface area contributed by atoms with Gasteiger partial charge in [-0.05, 0) is 12.8 Å². The zero-order chi connectivity index (χ0) is 15.7. The molecule has 3 heterocycles. The highest BCUT2D eigenvalue weighted by Crippen LogP contribution is 2.29. The predicted molar refractivity (Wildman–Crippen MR) is 75.4 cm³/mol. The lowest BCUT2D eigenvalue weighted by Gasteiger charge is -2.18. The largest absolute Gasteiger partial charge is 0.480 e. The van der Waals surface area contributed by atoms with Crippen molar-refractivity contribution in [2.24, 2.45) is 0 Å². The molecule has 22 heavy (non-hydrogen) atoms. The third-order valence-electron chi connectivity index (χ3n) is 4.29. The number of hydrogen-bond acceptors (Lipinski definition) is 5. The monoisotopic (exact) mass is 308 g/mol. The number of ether oxygens (including phenoxy) is 1. The summed E-state index contributed by atoms with van der Waals surface area (Å²) in [7, 11) is 1.75. The molecule has 0 bridgehead atoms. The van der Waals surface area contributed by atoms with Crippen LogP contribution in [-0.4, -0.2) is 63.5 Å². The van der Waals surface area contributed by atoms with E-state index in [1.807, 2.05) is 0 Å². The summed E-state index contributed by atoms with van der Waals surface area (Å²) in [5.41, 5.74) is 0. The van der Waals surface area contributed by atoms with Crippen LogP contribution in [0, 0.1) is 0 Å². The number of aliphatic carboxylic acids is 1. The van der Waals surface area contributed by atoms with Crippen molar-refractivity contribution in [3.8, 4) is 0 Å². The molecule has 1 N–H and O–H groups in total. The average Bonchev–Trinajstić information content (AvgIpc) is 3.04. The number of aromatic nitrogens is 3. The molecule has 1 atom stereocenters. The van der Waals surface area contributed by atoms with E-state index < -0.39 is 5.97 Å². The lowest BCUT2D eigenvalue weighted by Crippen LogP contribution is -2.20. The van der Waals surface area contributed by atoms with Gasteiger partial charge in [0.25, 0.3) is 0 Å². The van der Waals surface area contributed by atoms with Gasteiger partial charge in [-0.1, -0.05) is 0 Å². The number of nitrogens with zero attached hydrogens (tertiary/aromatic N) is 4. The molecule has 3 rings (SSSR count). The molecule has 1 aromatic heterocycles. The first-order valence-electron chi connectivity index (χ1n) is 7.52. The number of carboxylic acid groups (broad SMARTS) is 1. The van der Waals surface area contributed by atoms with E-state index in [0.29, 0.717) is 37.8 Å². The first-order valence-corrected chi connectivity index (χ1v) is 7.52. The van der Waals surface area contributed by atoms with Crippen molar-refractivity contribution in [1.29, 1.82) is 0 Å². The summed E-state index contributed by atoms with van der Waals surface area (Å²) in [6.45, 7) is 1.70. The third-order valence-corrected chi connectivity index (χ3v) is 4.29. The Kier molecular flexibility index (Phi) is 4.10. The molecular weight excluding hydrogens is 288 g/mol. The van der Waals surface area contributed by atoms with Crippen molar-refractivity contribution in [1.82, 2.24) is 19.7 Å². The molecule has 8 nitrogen and oxygen atoms in total. The summed E-state index contributed by atoms with van der Waals surface area (Å²) in [4.78, 5) is 29.0. The molecule has 0 aliphatic carbocycles. The third kappa shape index (κ3) is 2.96. The fourth-order valence-electron chi connectivity index (χ4n) is 3.08. The Morgan fingerprint density at radius 2 is 2.09 bits per heavy atom. The van der Waals surface area contributed by atoms with Crippen LogP contribution in [0.15, 0.2) is 0 Å². The SMILES string of the molecule is CN1CC(c2nc(C3CCOCC3)nn2CC(=O)O)CC1=O. The highest BCUT2D eigenvalue weighted by molar-refractivity contribution is 5.79. The number of carbonyl (C=O) groups excluding carboxylic acids is 1. The Hall–Kier alpha value is -1.96. The lowest BCUT2D eigenvalue weighted by atomic mass is 10.00. The van der Waals surface area contributed by atoms with Crippen molar-refractivity contribution >= 4 is 11.9 Å². The van der Waals surface area contributed by atoms with Crippen molar-refractivity contribution in [3.63, 3.8) is 0 Å². The van der Waals surface area contributed by atoms with Gasteiger partial charge in [0.15, 0.2) is 5.82 Å². The molecule has 0 aromatic carbocycles. The molecule has 1 amide bonds. The first-order chi connectivity index (χ1) is 10.5. The van der Waals surface area contributed by atoms with Crippen LogP contribution in [0.2, 0.25) is 0 Å². The maximum Gasteiger partial charge on any atom is 0.325 e. The van der Waals surface area contributed by atoms with Crippen LogP contribution in [0.25, 0.3) is 0 Å². The Labute approximate surface area is 128 Å². The number of carboxylic acids is 1. The summed E-state index contributed by atoms with van der Waals surface area (Å²) in [5.74, 6) is 0.517. The van der Waals surface area contributed by atoms with E-state index in [0.717, 1.165) is 12.8 Å². The van der Waals surface area contributed by atoms with Crippen LogP contribution in [0.5, 0.6) is 0 Å². The Balaban J connectivity index is 1.87. The molecule has 2 aliphatic rings. The summed E-state index contributed by atoms with van der Waals surface area (Å²) in [6, 6.07) is 0. The van der Waals surface area contributed by atoms with Gasteiger partial charge in [-0.25, -0.2) is 9.67 Å². The first kappa shape index (κ1) is 15.0. The number of hydrogen-bond donors (Lipinski definition) is 1. The highest BCUT2D eigenvalue weighted by Gasteiger charge is 2.33. The van der Waals surface area contributed by atoms with Gasteiger partial charge in [0, 0.05) is 45.1 Å². The quantitative estimate of drug-likeness (QED) is 0.853. The number of likely N-dealkylation sites (tertiary alicyclic amines) is 1. The van der Waals surface area contributed by atoms with Crippen LogP contribution in [-0.2, 0) is 20.9 Å². The van der Waals surface area contributed by atoms with E-state index >= 15 is 0 Å². The minimum atomic E-state index is -0.956. The molecular formula is C14H20N4O4. The van der Waals surface area contributed by atoms with Gasteiger partial charge in [0.1, 0.15) is 12.4 Å². The number of carbonyl (C=O) groups is 2. The van der Waals surface area contributed by atoms with Crippen molar-refractivity contribution in [2.45, 2.75) is 37.6 Å². The van der Waals surface area contributed by atoms with Crippen LogP contribution in [0.1, 0.15) is 42.7 Å². The normalized spacial score (nSPS) is 23.2. The number of amides is 1. The number of likely N-dealkylation sites (N-methyl/N-ethyl adjacent to an activating group) is 1. The van der Waals surface area contributed by atoms with Crippen LogP contribution in [0.4, 0.5) is 0 Å². The molecule has 2 fully saturated rings. The maximum absolute atomic E-state index is 11.7. The standard InChI is InChI=1S/C14H20N4O4/c1-17-7-10(6-11(17)19)14-15-13(9-2-4-22-5-3-9)16-18(14)8-12(20)21/h9-10H,2-8H2,1H3,(H,20,21). The minimum Gasteiger partial charge on any atom is -0.480 e. The van der Waals surface area contributed by atoms with Crippen LogP contribution >= 0.6 is 0 Å². The Morgan fingerprint density at radius 3 is 2.68 bits per heavy atom. The summed E-state index contributed by atoms with van der Waals surface area (Å²) in [5, 5.41) is 13.5. The smallest absolute Gasteiger partial charge is 0.325 e. The van der Waals surface area contributed by atoms with Crippen molar-refractivity contribution < 1.29 is 19.4 Å². The summed E-state index contributed by atoms with van der Waals surface area (Å²) >= 11 is 0. The van der Waals surface area contributed by atoms with E-state index in [4.69, 9.17) is 9.84 Å². The second-order valence-corrected chi connectivity index (χ2v) is 5.94. The second-order valence-electron chi connectivity index (χ2n) is 5.94. The van der Waals surface area contributed by atoms with Gasteiger partial charge in [-0.3, -0.25) is 9.59 Å². The molecule has 1 aromatic rings. The van der Waals surface area contributed by atoms with E-state index in [2.05, 4.69) is 10.1 Å². The molecule has 120 valence electrons. The topological polar surface area (TPSA) is 97.6 Å². The van der Waals surface area contributed by atoms with Gasteiger partial charge < -0.3 is 14.7 Å². The fraction of sp³-hybridized carbons (Fsp3) is 0.714. The van der Waals surface area contributed by atoms with Crippen LogP contribution < -0.4 is 0 Å². The minimum absolute atomic E-state index is 0.0579. The zero-order valence-electron chi connectivity index (χ0n) is 12.6. The predicted octanol–water partition coefficient (Wildman–Crippen LogP) is 0.202. The van der Waals surface area contributed by atoms with Gasteiger partial charge in [0.2, 0.25) is 5.91 Å². The summed E-state index contributed by atoms with van der Waals surface area (Å²) < 4.78 is 6.79. The molecule has 0 spiro atoms. The van der Waals surface area contributed by atoms with Gasteiger partial charge in [-0.15, -0.1) is 0 Å². The molecule has 8 heteroatoms. The Bertz CT molecular complexity index is 579. The maximum atomic E-state index is 11.7. The van der Waals surface area contributed by atoms with Gasteiger partial charge in [0.05, 0.1) is 0 Å². The van der Waals surface area contributed by atoms with Crippen molar-refractivity contribution in [3.05, 3.63) is 11.6 Å². The van der Waals surface area contributed by atoms with Crippen LogP contribution in [0.3, 0.4) is 0 Å². The fourth-order valence-corrected chi connectivity index (χ4v) is 3.08. The van der Waals surface area contributed by atoms with E-state index in [9.17, 15) is 9.59 Å². The average molecular weight is 308 g/mol. The lowest BCUT2D eigenvalue weighted by molar-refractivity contribution is -0.138. The van der Waals surface area contributed by atoms with E-state index in [1.165, 1.54) is 4.68 Å². The number of rotatable bonds is 4. The Morgan fingerprint density at radius 1 is 1.36 bits per heavy atom. The molecule has 2 saturated heterocycles. The molecule has 1 unspecified atom stereocenters. The second kappa shape index (κ2) is 6.04. The van der Waals surface area contributed by atoms with Gasteiger partial charge >= 0.3 is 5.97 Å². The highest BCUT2D eigenvalue weighted by atomic mass is 16.5. The zero-order valence-corrected chi connectivity index (χ0v) is 12.6. The van der Waals surface area contributed by atoms with Crippen molar-refractivity contribution in [2.75, 3.05) is 26.8 Å². The summed E-state index contributed by atoms with van der Waals surface area (Å²) in [6.07, 6.45) is 2.06. The molecule has 0 radical (unpaired) electrons. The molecule has 0 saturated carbocycles. The molecule has 2 aliphatic heterocycles. The van der Waals surface area contributed by atoms with E-state index in [1.54, 1.807) is 11.9 Å².